The van der Waals surface area contributed by atoms with Gasteiger partial charge in [-0.05, 0) is 26.7 Å². The molecule has 0 saturated carbocycles. The number of morpholine rings is 1. The molecule has 180 valence electrons. The molecule has 2 unspecified atom stereocenters. The molecule has 0 N–H and O–H groups in total. The lowest BCUT2D eigenvalue weighted by molar-refractivity contribution is -0.137. The van der Waals surface area contributed by atoms with Crippen molar-refractivity contribution in [3.8, 4) is 0 Å². The van der Waals surface area contributed by atoms with E-state index in [-0.39, 0.29) is 36.5 Å². The van der Waals surface area contributed by atoms with E-state index in [2.05, 4.69) is 4.98 Å². The Hall–Kier alpha value is -1.59. The van der Waals surface area contributed by atoms with Gasteiger partial charge in [0.05, 0.1) is 43.6 Å². The number of methoxy groups -OCH3 is 1. The van der Waals surface area contributed by atoms with Crippen molar-refractivity contribution < 1.29 is 28.5 Å². The highest BCUT2D eigenvalue weighted by Crippen LogP contribution is 2.31. The standard InChI is InChI=1S/C22H35N3O6S/c1-16-12-25(13-17(2)31-16)22(27)19-15-32-21(23-19)18-4-6-24(7-5-18)20(26)14-30-11-10-29-9-8-28-3/h15-18H,4-14H2,1-3H3. The molecular weight excluding hydrogens is 434 g/mol. The minimum absolute atomic E-state index is 0.00547. The minimum Gasteiger partial charge on any atom is -0.382 e. The second kappa shape index (κ2) is 12.6. The highest BCUT2D eigenvalue weighted by molar-refractivity contribution is 7.09. The Bertz CT molecular complexity index is 727. The smallest absolute Gasteiger partial charge is 0.273 e. The third-order valence-electron chi connectivity index (χ3n) is 5.67. The largest absolute Gasteiger partial charge is 0.382 e. The van der Waals surface area contributed by atoms with Crippen LogP contribution in [-0.4, -0.2) is 105 Å². The van der Waals surface area contributed by atoms with Gasteiger partial charge < -0.3 is 28.7 Å². The van der Waals surface area contributed by atoms with Crippen LogP contribution in [0.2, 0.25) is 0 Å². The maximum absolute atomic E-state index is 12.9. The Morgan fingerprint density at radius 1 is 1.06 bits per heavy atom. The molecule has 3 heterocycles. The monoisotopic (exact) mass is 469 g/mol. The van der Waals surface area contributed by atoms with Crippen molar-refractivity contribution in [2.45, 2.75) is 44.8 Å². The van der Waals surface area contributed by atoms with Crippen molar-refractivity contribution >= 4 is 23.2 Å². The van der Waals surface area contributed by atoms with Gasteiger partial charge in [-0.25, -0.2) is 4.98 Å². The van der Waals surface area contributed by atoms with Crippen molar-refractivity contribution in [2.75, 3.05) is 66.3 Å². The van der Waals surface area contributed by atoms with Gasteiger partial charge in [0.15, 0.2) is 0 Å². The molecule has 2 aliphatic heterocycles. The SMILES string of the molecule is COCCOCCOCC(=O)N1CCC(c2nc(C(=O)N3CC(C)OC(C)C3)cs2)CC1. The third-order valence-corrected chi connectivity index (χ3v) is 6.68. The second-order valence-electron chi connectivity index (χ2n) is 8.35. The number of thiazole rings is 1. The first kappa shape index (κ1) is 25.0. The number of carbonyl (C=O) groups is 2. The van der Waals surface area contributed by atoms with E-state index in [1.165, 1.54) is 0 Å². The highest BCUT2D eigenvalue weighted by atomic mass is 32.1. The van der Waals surface area contributed by atoms with Crippen LogP contribution in [0.5, 0.6) is 0 Å². The van der Waals surface area contributed by atoms with E-state index in [1.807, 2.05) is 29.0 Å². The zero-order valence-electron chi connectivity index (χ0n) is 19.3. The Morgan fingerprint density at radius 2 is 1.72 bits per heavy atom. The van der Waals surface area contributed by atoms with Gasteiger partial charge in [-0.1, -0.05) is 0 Å². The molecule has 32 heavy (non-hydrogen) atoms. The quantitative estimate of drug-likeness (QED) is 0.483. The van der Waals surface area contributed by atoms with Gasteiger partial charge in [-0.2, -0.15) is 0 Å². The number of carbonyl (C=O) groups excluding carboxylic acids is 2. The van der Waals surface area contributed by atoms with Crippen LogP contribution in [0.4, 0.5) is 0 Å². The number of hydrogen-bond donors (Lipinski definition) is 0. The summed E-state index contributed by atoms with van der Waals surface area (Å²) in [6.07, 6.45) is 1.77. The summed E-state index contributed by atoms with van der Waals surface area (Å²) in [5.74, 6) is 0.264. The van der Waals surface area contributed by atoms with Crippen LogP contribution >= 0.6 is 11.3 Å². The summed E-state index contributed by atoms with van der Waals surface area (Å²) in [6, 6.07) is 0. The Morgan fingerprint density at radius 3 is 2.41 bits per heavy atom. The normalized spacial score (nSPS) is 22.3. The average molecular weight is 470 g/mol. The van der Waals surface area contributed by atoms with Gasteiger partial charge in [0.1, 0.15) is 12.3 Å². The van der Waals surface area contributed by atoms with Crippen LogP contribution in [0.25, 0.3) is 0 Å². The first-order chi connectivity index (χ1) is 15.5. The van der Waals surface area contributed by atoms with E-state index in [9.17, 15) is 9.59 Å². The van der Waals surface area contributed by atoms with Crippen LogP contribution < -0.4 is 0 Å². The maximum Gasteiger partial charge on any atom is 0.273 e. The molecule has 1 aromatic heterocycles. The molecule has 0 bridgehead atoms. The van der Waals surface area contributed by atoms with Crippen molar-refractivity contribution in [1.29, 1.82) is 0 Å². The molecule has 9 nitrogen and oxygen atoms in total. The lowest BCUT2D eigenvalue weighted by Crippen LogP contribution is -2.48. The molecule has 10 heteroatoms. The molecule has 0 radical (unpaired) electrons. The molecule has 0 aromatic carbocycles. The van der Waals surface area contributed by atoms with E-state index in [0.717, 1.165) is 17.8 Å². The number of piperidine rings is 1. The third kappa shape index (κ3) is 7.21. The van der Waals surface area contributed by atoms with E-state index in [4.69, 9.17) is 18.9 Å². The molecule has 2 aliphatic rings. The van der Waals surface area contributed by atoms with Gasteiger partial charge in [0.2, 0.25) is 5.91 Å². The molecular formula is C22H35N3O6S. The molecule has 2 fully saturated rings. The van der Waals surface area contributed by atoms with E-state index >= 15 is 0 Å². The summed E-state index contributed by atoms with van der Waals surface area (Å²) >= 11 is 1.54. The van der Waals surface area contributed by atoms with Crippen molar-refractivity contribution in [1.82, 2.24) is 14.8 Å². The number of amides is 2. The topological polar surface area (TPSA) is 90.4 Å². The summed E-state index contributed by atoms with van der Waals surface area (Å²) in [4.78, 5) is 33.6. The van der Waals surface area contributed by atoms with Crippen LogP contribution in [0.1, 0.15) is 48.1 Å². The fraction of sp³-hybridized carbons (Fsp3) is 0.773. The fourth-order valence-corrected chi connectivity index (χ4v) is 5.03. The van der Waals surface area contributed by atoms with Gasteiger partial charge in [0.25, 0.3) is 5.91 Å². The van der Waals surface area contributed by atoms with Crippen LogP contribution in [0, 0.1) is 0 Å². The molecule has 0 aliphatic carbocycles. The first-order valence-corrected chi connectivity index (χ1v) is 12.2. The van der Waals surface area contributed by atoms with Gasteiger partial charge in [-0.3, -0.25) is 9.59 Å². The van der Waals surface area contributed by atoms with Crippen LogP contribution in [0.15, 0.2) is 5.38 Å². The van der Waals surface area contributed by atoms with Crippen LogP contribution in [-0.2, 0) is 23.7 Å². The van der Waals surface area contributed by atoms with E-state index < -0.39 is 0 Å². The fourth-order valence-electron chi connectivity index (χ4n) is 4.07. The summed E-state index contributed by atoms with van der Waals surface area (Å²) < 4.78 is 21.4. The second-order valence-corrected chi connectivity index (χ2v) is 9.24. The molecule has 3 rings (SSSR count). The Labute approximate surface area is 194 Å². The Kier molecular flexibility index (Phi) is 9.86. The predicted octanol–water partition coefficient (Wildman–Crippen LogP) is 1.78. The van der Waals surface area contributed by atoms with Crippen molar-refractivity contribution in [3.63, 3.8) is 0 Å². The minimum atomic E-state index is -0.0227. The molecule has 1 aromatic rings. The van der Waals surface area contributed by atoms with Gasteiger partial charge in [-0.15, -0.1) is 11.3 Å². The van der Waals surface area contributed by atoms with Crippen LogP contribution in [0.3, 0.4) is 0 Å². The number of ether oxygens (including phenoxy) is 4. The molecule has 2 atom stereocenters. The number of rotatable bonds is 10. The average Bonchev–Trinajstić information content (AvgIpc) is 3.27. The van der Waals surface area contributed by atoms with Crippen molar-refractivity contribution in [2.24, 2.45) is 0 Å². The lowest BCUT2D eigenvalue weighted by Gasteiger charge is -2.35. The Balaban J connectivity index is 1.39. The number of nitrogens with zero attached hydrogens (tertiary/aromatic N) is 3. The summed E-state index contributed by atoms with van der Waals surface area (Å²) in [6.45, 7) is 8.51. The van der Waals surface area contributed by atoms with Gasteiger partial charge in [0, 0.05) is 44.6 Å². The number of likely N-dealkylation sites (tertiary alicyclic amines) is 1. The van der Waals surface area contributed by atoms with Gasteiger partial charge >= 0.3 is 0 Å². The van der Waals surface area contributed by atoms with Crippen molar-refractivity contribution in [3.05, 3.63) is 16.1 Å². The summed E-state index contributed by atoms with van der Waals surface area (Å²) in [5.41, 5.74) is 0.519. The molecule has 2 saturated heterocycles. The number of hydrogen-bond acceptors (Lipinski definition) is 8. The zero-order valence-corrected chi connectivity index (χ0v) is 20.1. The number of aromatic nitrogens is 1. The summed E-state index contributed by atoms with van der Waals surface area (Å²) in [7, 11) is 1.63. The first-order valence-electron chi connectivity index (χ1n) is 11.3. The van der Waals surface area contributed by atoms with E-state index in [0.29, 0.717) is 58.3 Å². The summed E-state index contributed by atoms with van der Waals surface area (Å²) in [5, 5.41) is 2.85. The maximum atomic E-state index is 12.9. The molecule has 0 spiro atoms. The lowest BCUT2D eigenvalue weighted by atomic mass is 9.97. The van der Waals surface area contributed by atoms with E-state index in [1.54, 1.807) is 18.4 Å². The predicted molar refractivity (Wildman–Crippen MR) is 120 cm³/mol. The molecule has 2 amide bonds. The zero-order chi connectivity index (χ0) is 22.9. The highest BCUT2D eigenvalue weighted by Gasteiger charge is 2.30.